The first-order valence-corrected chi connectivity index (χ1v) is 10.4. The summed E-state index contributed by atoms with van der Waals surface area (Å²) in [6.07, 6.45) is 10.2. The van der Waals surface area contributed by atoms with Crippen molar-refractivity contribution in [3.8, 4) is 0 Å². The van der Waals surface area contributed by atoms with Crippen LogP contribution in [0, 0.1) is 5.92 Å². The van der Waals surface area contributed by atoms with Gasteiger partial charge in [-0.05, 0) is 30.9 Å². The molecule has 1 aromatic rings. The Morgan fingerprint density at radius 1 is 1.11 bits per heavy atom. The largest absolute Gasteiger partial charge is 0.341 e. The SMILES string of the molecule is O=C1C[C@@H](C(=O)N2CCCN(C3CCCC3)CC2)CN1Cc1cccnc1. The summed E-state index contributed by atoms with van der Waals surface area (Å²) in [6.45, 7) is 4.81. The highest BCUT2D eigenvalue weighted by atomic mass is 16.2. The van der Waals surface area contributed by atoms with E-state index in [0.29, 0.717) is 19.5 Å². The van der Waals surface area contributed by atoms with Crippen LogP contribution in [0.5, 0.6) is 0 Å². The second-order valence-electron chi connectivity index (χ2n) is 8.19. The lowest BCUT2D eigenvalue weighted by Crippen LogP contribution is -2.41. The highest BCUT2D eigenvalue weighted by Crippen LogP contribution is 2.26. The van der Waals surface area contributed by atoms with Gasteiger partial charge < -0.3 is 9.80 Å². The highest BCUT2D eigenvalue weighted by molar-refractivity contribution is 5.89. The first-order chi connectivity index (χ1) is 13.2. The predicted molar refractivity (Wildman–Crippen MR) is 103 cm³/mol. The molecule has 0 aromatic carbocycles. The van der Waals surface area contributed by atoms with Gasteiger partial charge >= 0.3 is 0 Å². The van der Waals surface area contributed by atoms with E-state index in [4.69, 9.17) is 0 Å². The van der Waals surface area contributed by atoms with Gasteiger partial charge in [0.15, 0.2) is 0 Å². The van der Waals surface area contributed by atoms with Crippen molar-refractivity contribution in [2.45, 2.75) is 51.1 Å². The van der Waals surface area contributed by atoms with Crippen LogP contribution in [0.4, 0.5) is 0 Å². The first-order valence-electron chi connectivity index (χ1n) is 10.4. The summed E-state index contributed by atoms with van der Waals surface area (Å²) in [5.74, 6) is 0.0668. The summed E-state index contributed by atoms with van der Waals surface area (Å²) < 4.78 is 0. The van der Waals surface area contributed by atoms with Gasteiger partial charge in [-0.2, -0.15) is 0 Å². The number of nitrogens with zero attached hydrogens (tertiary/aromatic N) is 4. The Bertz CT molecular complexity index is 659. The molecular weight excluding hydrogens is 340 g/mol. The van der Waals surface area contributed by atoms with Gasteiger partial charge in [-0.15, -0.1) is 0 Å². The molecule has 146 valence electrons. The van der Waals surface area contributed by atoms with Gasteiger partial charge in [0.25, 0.3) is 0 Å². The van der Waals surface area contributed by atoms with E-state index in [9.17, 15) is 9.59 Å². The molecule has 2 saturated heterocycles. The van der Waals surface area contributed by atoms with Crippen LogP contribution in [0.3, 0.4) is 0 Å². The molecule has 1 atom stereocenters. The third-order valence-corrected chi connectivity index (χ3v) is 6.34. The normalized spacial score (nSPS) is 25.2. The van der Waals surface area contributed by atoms with Crippen LogP contribution >= 0.6 is 0 Å². The van der Waals surface area contributed by atoms with E-state index in [2.05, 4.69) is 9.88 Å². The smallest absolute Gasteiger partial charge is 0.228 e. The Balaban J connectivity index is 1.32. The lowest BCUT2D eigenvalue weighted by Gasteiger charge is -2.28. The molecule has 27 heavy (non-hydrogen) atoms. The molecule has 6 heteroatoms. The topological polar surface area (TPSA) is 56.8 Å². The molecule has 1 saturated carbocycles. The van der Waals surface area contributed by atoms with Crippen molar-refractivity contribution in [1.29, 1.82) is 0 Å². The van der Waals surface area contributed by atoms with Crippen molar-refractivity contribution >= 4 is 11.8 Å². The summed E-state index contributed by atoms with van der Waals surface area (Å²) in [5, 5.41) is 0. The zero-order valence-corrected chi connectivity index (χ0v) is 16.1. The van der Waals surface area contributed by atoms with Crippen molar-refractivity contribution < 1.29 is 9.59 Å². The fourth-order valence-electron chi connectivity index (χ4n) is 4.85. The zero-order valence-electron chi connectivity index (χ0n) is 16.1. The quantitative estimate of drug-likeness (QED) is 0.812. The molecular formula is C21H30N4O2. The Morgan fingerprint density at radius 2 is 1.96 bits per heavy atom. The predicted octanol–water partition coefficient (Wildman–Crippen LogP) is 1.91. The summed E-state index contributed by atoms with van der Waals surface area (Å²) in [7, 11) is 0. The van der Waals surface area contributed by atoms with Crippen LogP contribution in [0.1, 0.15) is 44.1 Å². The number of carbonyl (C=O) groups excluding carboxylic acids is 2. The number of hydrogen-bond acceptors (Lipinski definition) is 4. The molecule has 3 fully saturated rings. The maximum absolute atomic E-state index is 13.0. The second kappa shape index (κ2) is 8.38. The van der Waals surface area contributed by atoms with Gasteiger partial charge in [0.2, 0.25) is 11.8 Å². The molecule has 1 aromatic heterocycles. The van der Waals surface area contributed by atoms with Gasteiger partial charge in [-0.1, -0.05) is 18.9 Å². The fourth-order valence-corrected chi connectivity index (χ4v) is 4.85. The van der Waals surface area contributed by atoms with E-state index in [1.807, 2.05) is 21.9 Å². The monoisotopic (exact) mass is 370 g/mol. The van der Waals surface area contributed by atoms with E-state index in [0.717, 1.165) is 44.2 Å². The van der Waals surface area contributed by atoms with E-state index >= 15 is 0 Å². The molecule has 0 N–H and O–H groups in total. The molecule has 3 aliphatic rings. The molecule has 0 unspecified atom stereocenters. The van der Waals surface area contributed by atoms with Crippen LogP contribution in [0.2, 0.25) is 0 Å². The van der Waals surface area contributed by atoms with Gasteiger partial charge in [0.1, 0.15) is 0 Å². The molecule has 4 rings (SSSR count). The van der Waals surface area contributed by atoms with Gasteiger partial charge in [0.05, 0.1) is 5.92 Å². The maximum Gasteiger partial charge on any atom is 0.228 e. The highest BCUT2D eigenvalue weighted by Gasteiger charge is 2.37. The second-order valence-corrected chi connectivity index (χ2v) is 8.19. The maximum atomic E-state index is 13.0. The lowest BCUT2D eigenvalue weighted by molar-refractivity contribution is -0.135. The van der Waals surface area contributed by atoms with Crippen LogP contribution in [-0.4, -0.2) is 70.3 Å². The molecule has 0 bridgehead atoms. The summed E-state index contributed by atoms with van der Waals surface area (Å²) >= 11 is 0. The minimum absolute atomic E-state index is 0.0830. The van der Waals surface area contributed by atoms with Crippen molar-refractivity contribution in [2.24, 2.45) is 5.92 Å². The molecule has 6 nitrogen and oxygen atoms in total. The molecule has 1 aliphatic carbocycles. The third kappa shape index (κ3) is 4.32. The Morgan fingerprint density at radius 3 is 2.74 bits per heavy atom. The van der Waals surface area contributed by atoms with Crippen LogP contribution in [-0.2, 0) is 16.1 Å². The summed E-state index contributed by atoms with van der Waals surface area (Å²) in [4.78, 5) is 36.0. The minimum Gasteiger partial charge on any atom is -0.341 e. The first kappa shape index (κ1) is 18.4. The minimum atomic E-state index is -0.188. The Kier molecular flexibility index (Phi) is 5.72. The van der Waals surface area contributed by atoms with Crippen LogP contribution in [0.15, 0.2) is 24.5 Å². The third-order valence-electron chi connectivity index (χ3n) is 6.34. The molecule has 2 amide bonds. The zero-order chi connectivity index (χ0) is 18.6. The van der Waals surface area contributed by atoms with Gasteiger partial charge in [0, 0.05) is 64.1 Å². The number of likely N-dealkylation sites (tertiary alicyclic amines) is 1. The van der Waals surface area contributed by atoms with E-state index in [1.165, 1.54) is 25.7 Å². The number of pyridine rings is 1. The average Bonchev–Trinajstić information content (AvgIpc) is 3.27. The lowest BCUT2D eigenvalue weighted by atomic mass is 10.1. The van der Waals surface area contributed by atoms with Crippen LogP contribution in [0.25, 0.3) is 0 Å². The number of hydrogen-bond donors (Lipinski definition) is 0. The Hall–Kier alpha value is -1.95. The molecule has 0 spiro atoms. The standard InChI is InChI=1S/C21H30N4O2/c26-20-13-18(16-25(20)15-17-5-3-8-22-14-17)21(27)24-10-4-9-23(11-12-24)19-6-1-2-7-19/h3,5,8,14,18-19H,1-2,4,6-7,9-13,15-16H2/t18-/m1/s1. The summed E-state index contributed by atoms with van der Waals surface area (Å²) in [6, 6.07) is 4.58. The number of rotatable bonds is 4. The van der Waals surface area contributed by atoms with Gasteiger partial charge in [-0.25, -0.2) is 0 Å². The van der Waals surface area contributed by atoms with Crippen molar-refractivity contribution in [1.82, 2.24) is 19.7 Å². The summed E-state index contributed by atoms with van der Waals surface area (Å²) in [5.41, 5.74) is 1.01. The number of carbonyl (C=O) groups is 2. The van der Waals surface area contributed by atoms with E-state index in [1.54, 1.807) is 12.4 Å². The fraction of sp³-hybridized carbons (Fsp3) is 0.667. The van der Waals surface area contributed by atoms with Crippen molar-refractivity contribution in [2.75, 3.05) is 32.7 Å². The molecule has 2 aliphatic heterocycles. The van der Waals surface area contributed by atoms with E-state index in [-0.39, 0.29) is 17.7 Å². The van der Waals surface area contributed by atoms with Gasteiger partial charge in [-0.3, -0.25) is 19.5 Å². The number of aromatic nitrogens is 1. The van der Waals surface area contributed by atoms with E-state index < -0.39 is 0 Å². The van der Waals surface area contributed by atoms with Crippen molar-refractivity contribution in [3.63, 3.8) is 0 Å². The van der Waals surface area contributed by atoms with Crippen LogP contribution < -0.4 is 0 Å². The molecule has 0 radical (unpaired) electrons. The average molecular weight is 370 g/mol. The molecule has 3 heterocycles. The number of amides is 2. The van der Waals surface area contributed by atoms with Crippen molar-refractivity contribution in [3.05, 3.63) is 30.1 Å². The Labute approximate surface area is 161 Å².